The first-order valence-electron chi connectivity index (χ1n) is 8.71. The quantitative estimate of drug-likeness (QED) is 0.673. The number of carbonyl (C=O) groups excluding carboxylic acids is 1. The molecule has 3 rings (SSSR count). The summed E-state index contributed by atoms with van der Waals surface area (Å²) in [7, 11) is 0. The molecule has 0 saturated carbocycles. The molecule has 2 N–H and O–H groups in total. The molecule has 150 valence electrons. The summed E-state index contributed by atoms with van der Waals surface area (Å²) < 4.78 is 27.4. The maximum Gasteiger partial charge on any atom is 0.303 e. The monoisotopic (exact) mass is 399 g/mol. The number of alkyl halides is 2. The SMILES string of the molecule is CC(=O)Nc1cc(Nc2cc(C)nc(C(C)(F)F)n2)c(-c2ccc(C)nn2)cn1. The summed E-state index contributed by atoms with van der Waals surface area (Å²) in [4.78, 5) is 23.3. The van der Waals surface area contributed by atoms with Gasteiger partial charge in [0.1, 0.15) is 11.6 Å². The Morgan fingerprint density at radius 1 is 1.03 bits per heavy atom. The van der Waals surface area contributed by atoms with Crippen LogP contribution in [0.2, 0.25) is 0 Å². The molecular formula is C19H19F2N7O. The number of carbonyl (C=O) groups is 1. The van der Waals surface area contributed by atoms with Gasteiger partial charge in [-0.3, -0.25) is 4.79 Å². The number of hydrogen-bond acceptors (Lipinski definition) is 7. The summed E-state index contributed by atoms with van der Waals surface area (Å²) in [5.41, 5.74) is 2.67. The minimum absolute atomic E-state index is 0.176. The fourth-order valence-electron chi connectivity index (χ4n) is 2.52. The van der Waals surface area contributed by atoms with Crippen molar-refractivity contribution in [1.82, 2.24) is 25.1 Å². The van der Waals surface area contributed by atoms with Gasteiger partial charge in [0.2, 0.25) is 11.7 Å². The van der Waals surface area contributed by atoms with Gasteiger partial charge in [0.15, 0.2) is 0 Å². The molecule has 10 heteroatoms. The first-order chi connectivity index (χ1) is 13.6. The maximum atomic E-state index is 13.7. The average Bonchev–Trinajstić information content (AvgIpc) is 2.61. The number of aryl methyl sites for hydroxylation is 2. The number of hydrogen-bond donors (Lipinski definition) is 2. The van der Waals surface area contributed by atoms with Crippen LogP contribution in [0.4, 0.5) is 26.1 Å². The average molecular weight is 399 g/mol. The second-order valence-electron chi connectivity index (χ2n) is 6.59. The lowest BCUT2D eigenvalue weighted by molar-refractivity contribution is -0.114. The van der Waals surface area contributed by atoms with Crippen molar-refractivity contribution in [1.29, 1.82) is 0 Å². The molecule has 0 aliphatic heterocycles. The number of anilines is 3. The smallest absolute Gasteiger partial charge is 0.303 e. The highest BCUT2D eigenvalue weighted by molar-refractivity contribution is 5.89. The van der Waals surface area contributed by atoms with E-state index in [9.17, 15) is 13.6 Å². The van der Waals surface area contributed by atoms with Gasteiger partial charge in [-0.05, 0) is 26.0 Å². The molecule has 0 aliphatic carbocycles. The highest BCUT2D eigenvalue weighted by atomic mass is 19.3. The maximum absolute atomic E-state index is 13.7. The predicted octanol–water partition coefficient (Wildman–Crippen LogP) is 3.76. The van der Waals surface area contributed by atoms with Crippen molar-refractivity contribution in [2.45, 2.75) is 33.6 Å². The summed E-state index contributed by atoms with van der Waals surface area (Å²) in [6.07, 6.45) is 1.51. The number of nitrogens with one attached hydrogen (secondary N) is 2. The number of rotatable bonds is 5. The first-order valence-corrected chi connectivity index (χ1v) is 8.71. The van der Waals surface area contributed by atoms with E-state index >= 15 is 0 Å². The first kappa shape index (κ1) is 20.2. The molecule has 8 nitrogen and oxygen atoms in total. The summed E-state index contributed by atoms with van der Waals surface area (Å²) in [5, 5.41) is 13.8. The summed E-state index contributed by atoms with van der Waals surface area (Å²) in [6.45, 7) is 5.51. The van der Waals surface area contributed by atoms with Gasteiger partial charge in [0, 0.05) is 43.4 Å². The molecule has 3 aromatic heterocycles. The van der Waals surface area contributed by atoms with Gasteiger partial charge in [-0.2, -0.15) is 19.0 Å². The van der Waals surface area contributed by atoms with E-state index in [-0.39, 0.29) is 17.5 Å². The fourth-order valence-corrected chi connectivity index (χ4v) is 2.52. The molecule has 1 amide bonds. The molecule has 0 saturated heterocycles. The van der Waals surface area contributed by atoms with Crippen molar-refractivity contribution in [3.8, 4) is 11.3 Å². The van der Waals surface area contributed by atoms with Crippen LogP contribution in [0.1, 0.15) is 31.1 Å². The lowest BCUT2D eigenvalue weighted by Gasteiger charge is -2.15. The minimum atomic E-state index is -3.19. The molecule has 29 heavy (non-hydrogen) atoms. The van der Waals surface area contributed by atoms with Crippen LogP contribution in [0.5, 0.6) is 0 Å². The van der Waals surface area contributed by atoms with Crippen LogP contribution >= 0.6 is 0 Å². The number of pyridine rings is 1. The van der Waals surface area contributed by atoms with Gasteiger partial charge < -0.3 is 10.6 Å². The van der Waals surface area contributed by atoms with Crippen LogP contribution in [-0.4, -0.2) is 31.1 Å². The number of nitrogens with zero attached hydrogens (tertiary/aromatic N) is 5. The standard InChI is InChI=1S/C19H19F2N7O/c1-10-5-6-14(28-27-10)13-9-22-16(24-12(3)29)8-15(13)25-17-7-11(2)23-18(26-17)19(4,20)21/h5-9H,1-4H3,(H2,22,23,24,25,26,29). The van der Waals surface area contributed by atoms with E-state index in [1.807, 2.05) is 6.92 Å². The number of halogens is 2. The van der Waals surface area contributed by atoms with Crippen molar-refractivity contribution in [2.24, 2.45) is 0 Å². The Bertz CT molecular complexity index is 1050. The van der Waals surface area contributed by atoms with E-state index in [1.165, 1.54) is 13.1 Å². The lowest BCUT2D eigenvalue weighted by atomic mass is 10.1. The molecule has 0 radical (unpaired) electrons. The van der Waals surface area contributed by atoms with Gasteiger partial charge in [0.05, 0.1) is 17.1 Å². The Morgan fingerprint density at radius 3 is 2.41 bits per heavy atom. The van der Waals surface area contributed by atoms with Crippen molar-refractivity contribution in [2.75, 3.05) is 10.6 Å². The highest BCUT2D eigenvalue weighted by Gasteiger charge is 2.29. The summed E-state index contributed by atoms with van der Waals surface area (Å²) in [5.74, 6) is -3.61. The van der Waals surface area contributed by atoms with Gasteiger partial charge in [-0.1, -0.05) is 0 Å². The summed E-state index contributed by atoms with van der Waals surface area (Å²) >= 11 is 0. The van der Waals surface area contributed by atoms with E-state index in [2.05, 4.69) is 35.8 Å². The molecule has 0 atom stereocenters. The molecule has 0 unspecified atom stereocenters. The van der Waals surface area contributed by atoms with Gasteiger partial charge in [-0.15, -0.1) is 0 Å². The molecule has 0 bridgehead atoms. The van der Waals surface area contributed by atoms with Gasteiger partial charge in [0.25, 0.3) is 0 Å². The zero-order valence-corrected chi connectivity index (χ0v) is 16.3. The largest absolute Gasteiger partial charge is 0.339 e. The van der Waals surface area contributed by atoms with Crippen molar-refractivity contribution in [3.05, 3.63) is 47.7 Å². The molecule has 0 aliphatic rings. The zero-order valence-electron chi connectivity index (χ0n) is 16.3. The van der Waals surface area contributed by atoms with Crippen LogP contribution in [0.3, 0.4) is 0 Å². The zero-order chi connectivity index (χ0) is 21.2. The van der Waals surface area contributed by atoms with E-state index < -0.39 is 11.7 Å². The molecule has 0 aromatic carbocycles. The van der Waals surface area contributed by atoms with Crippen LogP contribution in [-0.2, 0) is 10.7 Å². The molecule has 3 heterocycles. The van der Waals surface area contributed by atoms with E-state index in [4.69, 9.17) is 0 Å². The summed E-state index contributed by atoms with van der Waals surface area (Å²) in [6, 6.07) is 6.66. The second kappa shape index (κ2) is 7.82. The van der Waals surface area contributed by atoms with Crippen LogP contribution in [0.25, 0.3) is 11.3 Å². The third-order valence-corrected chi connectivity index (χ3v) is 3.79. The Balaban J connectivity index is 2.07. The number of amides is 1. The molecular weight excluding hydrogens is 380 g/mol. The minimum Gasteiger partial charge on any atom is -0.339 e. The molecule has 0 fully saturated rings. The van der Waals surface area contributed by atoms with E-state index in [0.29, 0.717) is 22.6 Å². The number of aromatic nitrogens is 5. The topological polar surface area (TPSA) is 106 Å². The van der Waals surface area contributed by atoms with Crippen molar-refractivity contribution >= 4 is 23.2 Å². The van der Waals surface area contributed by atoms with Gasteiger partial charge >= 0.3 is 5.92 Å². The third-order valence-electron chi connectivity index (χ3n) is 3.79. The predicted molar refractivity (Wildman–Crippen MR) is 104 cm³/mol. The van der Waals surface area contributed by atoms with Crippen LogP contribution in [0, 0.1) is 13.8 Å². The fraction of sp³-hybridized carbons (Fsp3) is 0.263. The van der Waals surface area contributed by atoms with E-state index in [0.717, 1.165) is 12.6 Å². The van der Waals surface area contributed by atoms with Crippen molar-refractivity contribution < 1.29 is 13.6 Å². The third kappa shape index (κ3) is 5.03. The second-order valence-corrected chi connectivity index (χ2v) is 6.59. The Kier molecular flexibility index (Phi) is 5.44. The van der Waals surface area contributed by atoms with Crippen LogP contribution in [0.15, 0.2) is 30.5 Å². The lowest BCUT2D eigenvalue weighted by Crippen LogP contribution is -2.14. The van der Waals surface area contributed by atoms with E-state index in [1.54, 1.807) is 31.2 Å². The van der Waals surface area contributed by atoms with Crippen molar-refractivity contribution in [3.63, 3.8) is 0 Å². The normalized spacial score (nSPS) is 11.2. The Labute approximate surface area is 165 Å². The molecule has 0 spiro atoms. The Hall–Kier alpha value is -3.56. The molecule has 3 aromatic rings. The highest BCUT2D eigenvalue weighted by Crippen LogP contribution is 2.31. The van der Waals surface area contributed by atoms with Gasteiger partial charge in [-0.25, -0.2) is 15.0 Å². The Morgan fingerprint density at radius 2 is 1.79 bits per heavy atom. The van der Waals surface area contributed by atoms with Crippen LogP contribution < -0.4 is 10.6 Å².